The van der Waals surface area contributed by atoms with E-state index in [1.165, 1.54) is 22.3 Å². The summed E-state index contributed by atoms with van der Waals surface area (Å²) in [5, 5.41) is 1.32. The molecule has 0 fully saturated rings. The first kappa shape index (κ1) is 14.6. The molecule has 0 aliphatic rings. The van der Waals surface area contributed by atoms with Gasteiger partial charge in [-0.25, -0.2) is 4.98 Å². The van der Waals surface area contributed by atoms with Crippen LogP contribution in [-0.2, 0) is 0 Å². The van der Waals surface area contributed by atoms with Crippen LogP contribution in [-0.4, -0.2) is 22.9 Å². The smallest absolute Gasteiger partial charge is 0.260 e. The molecule has 0 saturated carbocycles. The molecule has 0 unspecified atom stereocenters. The number of carbonyl (C=O) groups excluding carboxylic acids is 1. The minimum absolute atomic E-state index is 0.253. The SMILES string of the molecule is CN(C(=O)c1cc(=O)[nH]c2ccccc12)c1nc2ccccc2s1. The summed E-state index contributed by atoms with van der Waals surface area (Å²) in [7, 11) is 1.68. The third kappa shape index (κ3) is 2.37. The first-order valence-electron chi connectivity index (χ1n) is 7.39. The minimum Gasteiger partial charge on any atom is -0.322 e. The van der Waals surface area contributed by atoms with Crippen molar-refractivity contribution in [2.45, 2.75) is 0 Å². The third-order valence-electron chi connectivity index (χ3n) is 3.86. The van der Waals surface area contributed by atoms with Gasteiger partial charge in [0.1, 0.15) is 0 Å². The summed E-state index contributed by atoms with van der Waals surface area (Å²) < 4.78 is 1.02. The van der Waals surface area contributed by atoms with Crippen molar-refractivity contribution in [1.29, 1.82) is 0 Å². The van der Waals surface area contributed by atoms with Crippen molar-refractivity contribution in [2.75, 3.05) is 11.9 Å². The summed E-state index contributed by atoms with van der Waals surface area (Å²) in [6.45, 7) is 0. The van der Waals surface area contributed by atoms with Crippen LogP contribution in [0.15, 0.2) is 59.4 Å². The third-order valence-corrected chi connectivity index (χ3v) is 4.97. The van der Waals surface area contributed by atoms with Crippen LogP contribution >= 0.6 is 11.3 Å². The van der Waals surface area contributed by atoms with E-state index in [1.54, 1.807) is 13.1 Å². The molecule has 4 aromatic rings. The lowest BCUT2D eigenvalue weighted by Gasteiger charge is -2.14. The van der Waals surface area contributed by atoms with E-state index >= 15 is 0 Å². The van der Waals surface area contributed by atoms with E-state index in [4.69, 9.17) is 0 Å². The fourth-order valence-electron chi connectivity index (χ4n) is 2.65. The number of benzene rings is 2. The van der Waals surface area contributed by atoms with Crippen LogP contribution < -0.4 is 10.5 Å². The lowest BCUT2D eigenvalue weighted by molar-refractivity contribution is 0.0994. The molecule has 0 radical (unpaired) electrons. The highest BCUT2D eigenvalue weighted by Crippen LogP contribution is 2.29. The number of fused-ring (bicyclic) bond motifs is 2. The fourth-order valence-corrected chi connectivity index (χ4v) is 3.58. The van der Waals surface area contributed by atoms with Crippen LogP contribution in [0.5, 0.6) is 0 Å². The van der Waals surface area contributed by atoms with Gasteiger partial charge in [-0.05, 0) is 18.2 Å². The van der Waals surface area contributed by atoms with E-state index in [0.717, 1.165) is 15.6 Å². The van der Waals surface area contributed by atoms with Gasteiger partial charge in [0.05, 0.1) is 15.8 Å². The normalized spacial score (nSPS) is 11.0. The van der Waals surface area contributed by atoms with Gasteiger partial charge in [0.25, 0.3) is 5.91 Å². The Kier molecular flexibility index (Phi) is 3.39. The molecule has 0 spiro atoms. The predicted molar refractivity (Wildman–Crippen MR) is 96.9 cm³/mol. The van der Waals surface area contributed by atoms with E-state index in [2.05, 4.69) is 9.97 Å². The largest absolute Gasteiger partial charge is 0.322 e. The summed E-state index contributed by atoms with van der Waals surface area (Å²) in [6, 6.07) is 16.4. The van der Waals surface area contributed by atoms with Gasteiger partial charge in [0.2, 0.25) is 5.56 Å². The molecule has 5 nitrogen and oxygen atoms in total. The van der Waals surface area contributed by atoms with Crippen LogP contribution in [0.2, 0.25) is 0 Å². The van der Waals surface area contributed by atoms with Gasteiger partial charge >= 0.3 is 0 Å². The first-order chi connectivity index (χ1) is 11.6. The number of thiazole rings is 1. The molecule has 2 heterocycles. The number of nitrogens with one attached hydrogen (secondary N) is 1. The lowest BCUT2D eigenvalue weighted by atomic mass is 10.1. The maximum absolute atomic E-state index is 12.9. The highest BCUT2D eigenvalue weighted by atomic mass is 32.1. The van der Waals surface area contributed by atoms with Crippen LogP contribution in [0, 0.1) is 0 Å². The van der Waals surface area contributed by atoms with Gasteiger partial charge in [0, 0.05) is 24.0 Å². The molecule has 0 atom stereocenters. The van der Waals surface area contributed by atoms with E-state index in [-0.39, 0.29) is 11.5 Å². The standard InChI is InChI=1S/C18H13N3O2S/c1-21(18-20-14-8-4-5-9-15(14)24-18)17(23)12-10-16(22)19-13-7-3-2-6-11(12)13/h2-10H,1H3,(H,19,22). The number of H-pyrrole nitrogens is 1. The molecule has 24 heavy (non-hydrogen) atoms. The Morgan fingerprint density at radius 2 is 1.88 bits per heavy atom. The number of amides is 1. The summed E-state index contributed by atoms with van der Waals surface area (Å²) in [6.07, 6.45) is 0. The molecule has 2 aromatic carbocycles. The monoisotopic (exact) mass is 335 g/mol. The van der Waals surface area contributed by atoms with Crippen molar-refractivity contribution in [2.24, 2.45) is 0 Å². The molecule has 0 bridgehead atoms. The molecule has 0 aliphatic carbocycles. The zero-order chi connectivity index (χ0) is 16.7. The highest BCUT2D eigenvalue weighted by molar-refractivity contribution is 7.22. The fraction of sp³-hybridized carbons (Fsp3) is 0.0556. The molecular formula is C18H13N3O2S. The molecule has 2 aromatic heterocycles. The number of anilines is 1. The number of pyridine rings is 1. The Morgan fingerprint density at radius 1 is 1.12 bits per heavy atom. The summed E-state index contributed by atoms with van der Waals surface area (Å²) in [5.41, 5.74) is 1.57. The van der Waals surface area contributed by atoms with Crippen molar-refractivity contribution < 1.29 is 4.79 Å². The zero-order valence-electron chi connectivity index (χ0n) is 12.8. The van der Waals surface area contributed by atoms with Gasteiger partial charge in [0.15, 0.2) is 5.13 Å². The Hall–Kier alpha value is -2.99. The van der Waals surface area contributed by atoms with Gasteiger partial charge in [-0.2, -0.15) is 0 Å². The molecule has 1 N–H and O–H groups in total. The second kappa shape index (κ2) is 5.58. The molecular weight excluding hydrogens is 322 g/mol. The van der Waals surface area contributed by atoms with Gasteiger partial charge in [-0.3, -0.25) is 14.5 Å². The zero-order valence-corrected chi connectivity index (χ0v) is 13.6. The van der Waals surface area contributed by atoms with E-state index in [0.29, 0.717) is 16.2 Å². The summed E-state index contributed by atoms with van der Waals surface area (Å²) in [5.74, 6) is -0.253. The summed E-state index contributed by atoms with van der Waals surface area (Å²) in [4.78, 5) is 33.5. The predicted octanol–water partition coefficient (Wildman–Crippen LogP) is 3.41. The van der Waals surface area contributed by atoms with Crippen molar-refractivity contribution in [1.82, 2.24) is 9.97 Å². The molecule has 6 heteroatoms. The number of para-hydroxylation sites is 2. The van der Waals surface area contributed by atoms with Crippen LogP contribution in [0.25, 0.3) is 21.1 Å². The van der Waals surface area contributed by atoms with E-state index < -0.39 is 0 Å². The Morgan fingerprint density at radius 3 is 2.71 bits per heavy atom. The minimum atomic E-state index is -0.297. The van der Waals surface area contributed by atoms with Gasteiger partial charge < -0.3 is 4.98 Å². The summed E-state index contributed by atoms with van der Waals surface area (Å²) >= 11 is 1.45. The van der Waals surface area contributed by atoms with E-state index in [9.17, 15) is 9.59 Å². The Labute approximate surface area is 141 Å². The van der Waals surface area contributed by atoms with Crippen molar-refractivity contribution in [3.8, 4) is 0 Å². The highest BCUT2D eigenvalue weighted by Gasteiger charge is 2.20. The lowest BCUT2D eigenvalue weighted by Crippen LogP contribution is -2.27. The average molecular weight is 335 g/mol. The van der Waals surface area contributed by atoms with Gasteiger partial charge in [-0.15, -0.1) is 0 Å². The average Bonchev–Trinajstić information content (AvgIpc) is 3.03. The second-order valence-corrected chi connectivity index (χ2v) is 6.43. The Balaban J connectivity index is 1.82. The van der Waals surface area contributed by atoms with Crippen LogP contribution in [0.1, 0.15) is 10.4 Å². The number of nitrogens with zero attached hydrogens (tertiary/aromatic N) is 2. The van der Waals surface area contributed by atoms with Crippen LogP contribution in [0.4, 0.5) is 5.13 Å². The van der Waals surface area contributed by atoms with Crippen molar-refractivity contribution >= 4 is 43.5 Å². The number of aromatic amines is 1. The second-order valence-electron chi connectivity index (χ2n) is 5.42. The maximum atomic E-state index is 12.9. The molecule has 0 aliphatic heterocycles. The first-order valence-corrected chi connectivity index (χ1v) is 8.21. The molecule has 1 amide bonds. The van der Waals surface area contributed by atoms with Crippen molar-refractivity contribution in [3.05, 3.63) is 70.5 Å². The van der Waals surface area contributed by atoms with Crippen LogP contribution in [0.3, 0.4) is 0 Å². The number of hydrogen-bond acceptors (Lipinski definition) is 4. The number of hydrogen-bond donors (Lipinski definition) is 1. The molecule has 4 rings (SSSR count). The van der Waals surface area contributed by atoms with Crippen molar-refractivity contribution in [3.63, 3.8) is 0 Å². The number of rotatable bonds is 2. The quantitative estimate of drug-likeness (QED) is 0.610. The number of carbonyl (C=O) groups is 1. The Bertz CT molecular complexity index is 1100. The number of aromatic nitrogens is 2. The van der Waals surface area contributed by atoms with Gasteiger partial charge in [-0.1, -0.05) is 41.7 Å². The topological polar surface area (TPSA) is 66.1 Å². The molecule has 0 saturated heterocycles. The van der Waals surface area contributed by atoms with E-state index in [1.807, 2.05) is 42.5 Å². The molecule has 118 valence electrons. The maximum Gasteiger partial charge on any atom is 0.260 e.